The van der Waals surface area contributed by atoms with Gasteiger partial charge in [-0.3, -0.25) is 4.90 Å². The number of rotatable bonds is 1. The van der Waals surface area contributed by atoms with E-state index in [1.54, 1.807) is 0 Å². The van der Waals surface area contributed by atoms with E-state index in [0.29, 0.717) is 6.04 Å². The lowest BCUT2D eigenvalue weighted by atomic mass is 10.1. The van der Waals surface area contributed by atoms with E-state index in [4.69, 9.17) is 10.5 Å². The summed E-state index contributed by atoms with van der Waals surface area (Å²) in [5, 5.41) is 0. The first kappa shape index (κ1) is 10.1. The number of anilines is 1. The highest BCUT2D eigenvalue weighted by Crippen LogP contribution is 2.29. The second kappa shape index (κ2) is 4.07. The summed E-state index contributed by atoms with van der Waals surface area (Å²) >= 11 is 0. The van der Waals surface area contributed by atoms with E-state index < -0.39 is 0 Å². The highest BCUT2D eigenvalue weighted by atomic mass is 16.5. The van der Waals surface area contributed by atoms with Crippen LogP contribution in [0.4, 0.5) is 5.69 Å². The molecule has 0 bridgehead atoms. The first-order valence-corrected chi connectivity index (χ1v) is 6.02. The minimum absolute atomic E-state index is 0.697. The topological polar surface area (TPSA) is 38.5 Å². The summed E-state index contributed by atoms with van der Waals surface area (Å²) in [7, 11) is 0. The summed E-state index contributed by atoms with van der Waals surface area (Å²) in [5.74, 6) is 0. The van der Waals surface area contributed by atoms with Crippen LogP contribution in [-0.4, -0.2) is 24.2 Å². The maximum atomic E-state index is 5.82. The van der Waals surface area contributed by atoms with Gasteiger partial charge in [-0.25, -0.2) is 0 Å². The van der Waals surface area contributed by atoms with Gasteiger partial charge in [0.2, 0.25) is 0 Å². The molecule has 0 aliphatic carbocycles. The molecule has 3 rings (SSSR count). The summed E-state index contributed by atoms with van der Waals surface area (Å²) in [5.41, 5.74) is 9.55. The van der Waals surface area contributed by atoms with Gasteiger partial charge >= 0.3 is 0 Å². The van der Waals surface area contributed by atoms with Crippen molar-refractivity contribution in [3.8, 4) is 0 Å². The molecule has 0 aromatic heterocycles. The Labute approximate surface area is 96.2 Å². The Morgan fingerprint density at radius 1 is 1.12 bits per heavy atom. The highest BCUT2D eigenvalue weighted by Gasteiger charge is 2.27. The lowest BCUT2D eigenvalue weighted by Crippen LogP contribution is -2.35. The van der Waals surface area contributed by atoms with Crippen LogP contribution in [0.2, 0.25) is 0 Å². The van der Waals surface area contributed by atoms with Crippen LogP contribution in [0.5, 0.6) is 0 Å². The molecule has 2 heterocycles. The lowest BCUT2D eigenvalue weighted by Gasteiger charge is -2.30. The smallest absolute Gasteiger partial charge is 0.0480 e. The summed E-state index contributed by atoms with van der Waals surface area (Å²) in [6.07, 6.45) is 2.34. The largest absolute Gasteiger partial charge is 0.399 e. The van der Waals surface area contributed by atoms with Gasteiger partial charge < -0.3 is 10.5 Å². The zero-order valence-electron chi connectivity index (χ0n) is 9.48. The average Bonchev–Trinajstić information content (AvgIpc) is 2.73. The third kappa shape index (κ3) is 1.81. The first-order valence-electron chi connectivity index (χ1n) is 6.02. The predicted molar refractivity (Wildman–Crippen MR) is 63.9 cm³/mol. The number of nitrogens with two attached hydrogens (primary N) is 1. The number of hydrogen-bond acceptors (Lipinski definition) is 3. The van der Waals surface area contributed by atoms with Crippen LogP contribution in [0.3, 0.4) is 0 Å². The Morgan fingerprint density at radius 2 is 1.88 bits per heavy atom. The third-order valence-electron chi connectivity index (χ3n) is 3.68. The Morgan fingerprint density at radius 3 is 2.69 bits per heavy atom. The molecule has 86 valence electrons. The van der Waals surface area contributed by atoms with Gasteiger partial charge in [0.05, 0.1) is 0 Å². The molecular weight excluding hydrogens is 200 g/mol. The minimum Gasteiger partial charge on any atom is -0.399 e. The fraction of sp³-hybridized carbons (Fsp3) is 0.538. The zero-order chi connectivity index (χ0) is 11.0. The van der Waals surface area contributed by atoms with Crippen molar-refractivity contribution < 1.29 is 4.74 Å². The second-order valence-corrected chi connectivity index (χ2v) is 4.78. The zero-order valence-corrected chi connectivity index (χ0v) is 9.48. The molecule has 0 saturated carbocycles. The van der Waals surface area contributed by atoms with Crippen molar-refractivity contribution in [3.05, 3.63) is 29.3 Å². The van der Waals surface area contributed by atoms with E-state index >= 15 is 0 Å². The lowest BCUT2D eigenvalue weighted by molar-refractivity contribution is 0.0326. The maximum Gasteiger partial charge on any atom is 0.0480 e. The average molecular weight is 218 g/mol. The predicted octanol–water partition coefficient (Wildman–Crippen LogP) is 1.76. The Balaban J connectivity index is 1.74. The quantitative estimate of drug-likeness (QED) is 0.730. The Bertz CT molecular complexity index is 386. The van der Waals surface area contributed by atoms with Gasteiger partial charge in [0.1, 0.15) is 0 Å². The highest BCUT2D eigenvalue weighted by molar-refractivity contribution is 5.46. The molecule has 3 nitrogen and oxygen atoms in total. The number of nitrogens with zero attached hydrogens (tertiary/aromatic N) is 1. The molecular formula is C13H18N2O. The summed E-state index contributed by atoms with van der Waals surface area (Å²) in [4.78, 5) is 2.56. The van der Waals surface area contributed by atoms with E-state index in [-0.39, 0.29) is 0 Å². The Kier molecular flexibility index (Phi) is 2.58. The molecule has 1 fully saturated rings. The molecule has 0 atom stereocenters. The molecule has 0 amide bonds. The number of benzene rings is 1. The van der Waals surface area contributed by atoms with Crippen LogP contribution in [0.25, 0.3) is 0 Å². The molecule has 1 saturated heterocycles. The molecule has 2 N–H and O–H groups in total. The molecule has 0 unspecified atom stereocenters. The van der Waals surface area contributed by atoms with Gasteiger partial charge in [-0.05, 0) is 36.1 Å². The van der Waals surface area contributed by atoms with Crippen LogP contribution in [0, 0.1) is 0 Å². The summed E-state index contributed by atoms with van der Waals surface area (Å²) in [6.45, 7) is 3.98. The monoisotopic (exact) mass is 218 g/mol. The molecule has 0 spiro atoms. The first-order chi connectivity index (χ1) is 7.83. The summed E-state index contributed by atoms with van der Waals surface area (Å²) < 4.78 is 5.41. The third-order valence-corrected chi connectivity index (χ3v) is 3.68. The van der Waals surface area contributed by atoms with Gasteiger partial charge in [0.15, 0.2) is 0 Å². The SMILES string of the molecule is Nc1ccc2c(c1)CN(C1CCOCC1)C2. The molecule has 2 aliphatic rings. The van der Waals surface area contributed by atoms with Crippen molar-refractivity contribution in [2.75, 3.05) is 18.9 Å². The van der Waals surface area contributed by atoms with Crippen molar-refractivity contribution in [1.82, 2.24) is 4.90 Å². The van der Waals surface area contributed by atoms with Crippen LogP contribution < -0.4 is 5.73 Å². The summed E-state index contributed by atoms with van der Waals surface area (Å²) in [6, 6.07) is 6.99. The van der Waals surface area contributed by atoms with Gasteiger partial charge in [-0.1, -0.05) is 6.07 Å². The minimum atomic E-state index is 0.697. The van der Waals surface area contributed by atoms with Crippen molar-refractivity contribution in [2.45, 2.75) is 32.0 Å². The van der Waals surface area contributed by atoms with Gasteiger partial charge in [0.25, 0.3) is 0 Å². The van der Waals surface area contributed by atoms with E-state index in [1.807, 2.05) is 6.07 Å². The van der Waals surface area contributed by atoms with Gasteiger partial charge in [0, 0.05) is 38.0 Å². The molecule has 1 aromatic carbocycles. The number of ether oxygens (including phenoxy) is 1. The van der Waals surface area contributed by atoms with E-state index in [0.717, 1.165) is 32.0 Å². The van der Waals surface area contributed by atoms with Crippen LogP contribution in [0.1, 0.15) is 24.0 Å². The number of fused-ring (bicyclic) bond motifs is 1. The molecule has 2 aliphatic heterocycles. The van der Waals surface area contributed by atoms with Crippen molar-refractivity contribution >= 4 is 5.69 Å². The fourth-order valence-corrected chi connectivity index (χ4v) is 2.75. The van der Waals surface area contributed by atoms with E-state index in [1.165, 1.54) is 24.0 Å². The van der Waals surface area contributed by atoms with Crippen LogP contribution in [-0.2, 0) is 17.8 Å². The van der Waals surface area contributed by atoms with Crippen molar-refractivity contribution in [2.24, 2.45) is 0 Å². The normalized spacial score (nSPS) is 22.2. The Hall–Kier alpha value is -1.06. The second-order valence-electron chi connectivity index (χ2n) is 4.78. The van der Waals surface area contributed by atoms with Crippen molar-refractivity contribution in [3.63, 3.8) is 0 Å². The number of nitrogen functional groups attached to an aromatic ring is 1. The van der Waals surface area contributed by atoms with Gasteiger partial charge in [-0.15, -0.1) is 0 Å². The van der Waals surface area contributed by atoms with Crippen molar-refractivity contribution in [1.29, 1.82) is 0 Å². The van der Waals surface area contributed by atoms with Crippen LogP contribution >= 0.6 is 0 Å². The molecule has 0 radical (unpaired) electrons. The standard InChI is InChI=1S/C13H18N2O/c14-12-2-1-10-8-15(9-11(10)7-12)13-3-5-16-6-4-13/h1-2,7,13H,3-6,8-9,14H2. The fourth-order valence-electron chi connectivity index (χ4n) is 2.75. The van der Waals surface area contributed by atoms with E-state index in [2.05, 4.69) is 17.0 Å². The number of hydrogen-bond donors (Lipinski definition) is 1. The van der Waals surface area contributed by atoms with Gasteiger partial charge in [-0.2, -0.15) is 0 Å². The molecule has 16 heavy (non-hydrogen) atoms. The maximum absolute atomic E-state index is 5.82. The molecule has 1 aromatic rings. The van der Waals surface area contributed by atoms with E-state index in [9.17, 15) is 0 Å². The van der Waals surface area contributed by atoms with Crippen LogP contribution in [0.15, 0.2) is 18.2 Å². The molecule has 3 heteroatoms.